The van der Waals surface area contributed by atoms with Crippen LogP contribution in [0.15, 0.2) is 67.0 Å². The van der Waals surface area contributed by atoms with Gasteiger partial charge >= 0.3 is 0 Å². The zero-order chi connectivity index (χ0) is 35.0. The van der Waals surface area contributed by atoms with Crippen LogP contribution < -0.4 is 24.8 Å². The maximum absolute atomic E-state index is 9.75. The number of aliphatic hydroxyl groups is 3. The first-order valence-electron chi connectivity index (χ1n) is 15.8. The van der Waals surface area contributed by atoms with Crippen LogP contribution in [0, 0.1) is 11.3 Å². The monoisotopic (exact) mass is 728 g/mol. The molecule has 0 aliphatic rings. The first-order valence-corrected chi connectivity index (χ1v) is 16.9. The number of hydrogen-bond donors (Lipinski definition) is 5. The van der Waals surface area contributed by atoms with Gasteiger partial charge in [-0.05, 0) is 44.1 Å². The standard InChI is InChI=1S/C36H39Cl3N4O6/c37-31-14-27(19-43-20-28(46)21-45)33(48-22-25-13-24(16-40)17-42-18-25)15-34(31)49-23-26-5-1-6-29(35(26)38)30-7-2-8-32(36(30)39)47-12-4-10-41-9-3-11-44/h1-2,5-8,13-15,17-18,28,41,43-46H,3-4,9-12,19-23H2. The molecule has 1 aromatic heterocycles. The van der Waals surface area contributed by atoms with Gasteiger partial charge in [-0.25, -0.2) is 0 Å². The van der Waals surface area contributed by atoms with Gasteiger partial charge in [-0.2, -0.15) is 5.26 Å². The quantitative estimate of drug-likeness (QED) is 0.0694. The number of rotatable bonds is 20. The van der Waals surface area contributed by atoms with Crippen molar-refractivity contribution in [2.75, 3.05) is 39.5 Å². The molecule has 1 atom stereocenters. The molecule has 10 nitrogen and oxygen atoms in total. The van der Waals surface area contributed by atoms with Crippen LogP contribution >= 0.6 is 34.8 Å². The molecule has 0 spiro atoms. The highest BCUT2D eigenvalue weighted by atomic mass is 35.5. The minimum Gasteiger partial charge on any atom is -0.492 e. The molecule has 0 saturated heterocycles. The highest BCUT2D eigenvalue weighted by molar-refractivity contribution is 6.37. The second kappa shape index (κ2) is 20.1. The number of aliphatic hydroxyl groups excluding tert-OH is 3. The summed E-state index contributed by atoms with van der Waals surface area (Å²) in [7, 11) is 0. The maximum Gasteiger partial charge on any atom is 0.142 e. The molecule has 5 N–H and O–H groups in total. The first kappa shape index (κ1) is 38.2. The van der Waals surface area contributed by atoms with Crippen molar-refractivity contribution in [3.63, 3.8) is 0 Å². The molecule has 0 fully saturated rings. The molecule has 260 valence electrons. The average Bonchev–Trinajstić information content (AvgIpc) is 3.11. The van der Waals surface area contributed by atoms with E-state index in [2.05, 4.69) is 21.7 Å². The van der Waals surface area contributed by atoms with Gasteiger partial charge in [0.05, 0.1) is 39.9 Å². The van der Waals surface area contributed by atoms with E-state index in [1.807, 2.05) is 36.4 Å². The van der Waals surface area contributed by atoms with Crippen molar-refractivity contribution in [1.29, 1.82) is 5.26 Å². The van der Waals surface area contributed by atoms with E-state index in [9.17, 15) is 10.4 Å². The summed E-state index contributed by atoms with van der Waals surface area (Å²) in [6.07, 6.45) is 3.67. The Labute approximate surface area is 301 Å². The molecular formula is C36H39Cl3N4O6. The molecule has 1 heterocycles. The van der Waals surface area contributed by atoms with Crippen LogP contribution in [0.3, 0.4) is 0 Å². The number of aromatic nitrogens is 1. The van der Waals surface area contributed by atoms with Gasteiger partial charge < -0.3 is 40.2 Å². The summed E-state index contributed by atoms with van der Waals surface area (Å²) in [5.74, 6) is 1.39. The van der Waals surface area contributed by atoms with E-state index >= 15 is 0 Å². The number of pyridine rings is 1. The van der Waals surface area contributed by atoms with E-state index in [-0.39, 0.29) is 33.0 Å². The summed E-state index contributed by atoms with van der Waals surface area (Å²) in [4.78, 5) is 4.09. The predicted molar refractivity (Wildman–Crippen MR) is 190 cm³/mol. The van der Waals surface area contributed by atoms with E-state index in [4.69, 9.17) is 59.2 Å². The number of nitriles is 1. The SMILES string of the molecule is N#Cc1cncc(COc2cc(OCc3cccc(-c4cccc(OCCCNCCCO)c4Cl)c3Cl)c(Cl)cc2CNCC(O)CO)c1. The highest BCUT2D eigenvalue weighted by Gasteiger charge is 2.17. The summed E-state index contributed by atoms with van der Waals surface area (Å²) >= 11 is 20.4. The minimum atomic E-state index is -0.914. The number of hydrogen-bond acceptors (Lipinski definition) is 10. The average molecular weight is 730 g/mol. The Balaban J connectivity index is 1.49. The van der Waals surface area contributed by atoms with Gasteiger partial charge in [0, 0.05) is 66.0 Å². The van der Waals surface area contributed by atoms with Crippen LogP contribution in [-0.2, 0) is 19.8 Å². The molecule has 13 heteroatoms. The van der Waals surface area contributed by atoms with E-state index < -0.39 is 6.10 Å². The van der Waals surface area contributed by atoms with Crippen LogP contribution in [-0.4, -0.2) is 65.9 Å². The number of nitrogens with one attached hydrogen (secondary N) is 2. The minimum absolute atomic E-state index is 0.0946. The largest absolute Gasteiger partial charge is 0.492 e. The van der Waals surface area contributed by atoms with E-state index in [1.165, 1.54) is 6.20 Å². The lowest BCUT2D eigenvalue weighted by Gasteiger charge is -2.18. The van der Waals surface area contributed by atoms with Crippen molar-refractivity contribution in [1.82, 2.24) is 15.6 Å². The van der Waals surface area contributed by atoms with Crippen LogP contribution in [0.5, 0.6) is 17.2 Å². The van der Waals surface area contributed by atoms with Crippen LogP contribution in [0.2, 0.25) is 15.1 Å². The summed E-state index contributed by atoms with van der Waals surface area (Å²) < 4.78 is 18.3. The van der Waals surface area contributed by atoms with E-state index in [0.29, 0.717) is 74.1 Å². The van der Waals surface area contributed by atoms with Crippen molar-refractivity contribution >= 4 is 34.8 Å². The van der Waals surface area contributed by atoms with Gasteiger partial charge in [-0.3, -0.25) is 4.98 Å². The summed E-state index contributed by atoms with van der Waals surface area (Å²) in [5.41, 5.74) is 3.96. The molecule has 4 rings (SSSR count). The van der Waals surface area contributed by atoms with Crippen LogP contribution in [0.25, 0.3) is 11.1 Å². The zero-order valence-electron chi connectivity index (χ0n) is 26.8. The smallest absolute Gasteiger partial charge is 0.142 e. The molecule has 1 unspecified atom stereocenters. The van der Waals surface area contributed by atoms with Gasteiger partial charge in [0.15, 0.2) is 0 Å². The van der Waals surface area contributed by atoms with Gasteiger partial charge in [0.2, 0.25) is 0 Å². The van der Waals surface area contributed by atoms with Crippen LogP contribution in [0.4, 0.5) is 0 Å². The molecule has 4 aromatic rings. The number of halogens is 3. The topological polar surface area (TPSA) is 149 Å². The lowest BCUT2D eigenvalue weighted by atomic mass is 10.0. The second-order valence-corrected chi connectivity index (χ2v) is 12.2. The lowest BCUT2D eigenvalue weighted by molar-refractivity contribution is 0.0941. The molecule has 0 amide bonds. The first-order chi connectivity index (χ1) is 23.8. The van der Waals surface area contributed by atoms with Crippen molar-refractivity contribution < 1.29 is 29.5 Å². The molecular weight excluding hydrogens is 691 g/mol. The molecule has 0 aliphatic heterocycles. The molecule has 49 heavy (non-hydrogen) atoms. The number of nitrogens with zero attached hydrogens (tertiary/aromatic N) is 2. The summed E-state index contributed by atoms with van der Waals surface area (Å²) in [6.45, 7) is 2.48. The molecule has 0 aliphatic carbocycles. The molecule has 0 saturated carbocycles. The Hall–Kier alpha value is -3.63. The Kier molecular flexibility index (Phi) is 15.7. The Morgan fingerprint density at radius 3 is 2.33 bits per heavy atom. The normalized spacial score (nSPS) is 11.6. The van der Waals surface area contributed by atoms with Gasteiger partial charge in [-0.1, -0.05) is 65.1 Å². The van der Waals surface area contributed by atoms with Crippen molar-refractivity contribution in [3.8, 4) is 34.4 Å². The summed E-state index contributed by atoms with van der Waals surface area (Å²) in [5, 5.41) is 44.6. The van der Waals surface area contributed by atoms with Crippen molar-refractivity contribution in [2.45, 2.75) is 38.7 Å². The lowest BCUT2D eigenvalue weighted by Crippen LogP contribution is -2.29. The number of benzene rings is 3. The molecule has 0 radical (unpaired) electrons. The van der Waals surface area contributed by atoms with Gasteiger partial charge in [0.25, 0.3) is 0 Å². The second-order valence-electron chi connectivity index (χ2n) is 11.1. The molecule has 0 bridgehead atoms. The third-order valence-electron chi connectivity index (χ3n) is 7.32. The zero-order valence-corrected chi connectivity index (χ0v) is 29.1. The maximum atomic E-state index is 9.75. The molecule has 3 aromatic carbocycles. The Morgan fingerprint density at radius 2 is 1.55 bits per heavy atom. The third kappa shape index (κ3) is 11.5. The Bertz CT molecular complexity index is 1700. The third-order valence-corrected chi connectivity index (χ3v) is 8.45. The van der Waals surface area contributed by atoms with Crippen molar-refractivity contribution in [3.05, 3.63) is 104 Å². The van der Waals surface area contributed by atoms with Crippen molar-refractivity contribution in [2.24, 2.45) is 0 Å². The van der Waals surface area contributed by atoms with E-state index in [1.54, 1.807) is 24.4 Å². The Morgan fingerprint density at radius 1 is 0.796 bits per heavy atom. The number of ether oxygens (including phenoxy) is 3. The van der Waals surface area contributed by atoms with Gasteiger partial charge in [0.1, 0.15) is 36.5 Å². The fraction of sp³-hybridized carbons (Fsp3) is 0.333. The van der Waals surface area contributed by atoms with Crippen LogP contribution in [0.1, 0.15) is 35.1 Å². The highest BCUT2D eigenvalue weighted by Crippen LogP contribution is 2.40. The summed E-state index contributed by atoms with van der Waals surface area (Å²) in [6, 6.07) is 18.3. The predicted octanol–water partition coefficient (Wildman–Crippen LogP) is 5.92. The fourth-order valence-corrected chi connectivity index (χ4v) is 5.58. The van der Waals surface area contributed by atoms with Gasteiger partial charge in [-0.15, -0.1) is 0 Å². The fourth-order valence-electron chi connectivity index (χ4n) is 4.78. The van der Waals surface area contributed by atoms with E-state index in [0.717, 1.165) is 30.6 Å².